The number of nitrogens with zero attached hydrogens (tertiary/aromatic N) is 1. The Hall–Kier alpha value is -1.69. The molecule has 0 unspecified atom stereocenters. The zero-order valence-corrected chi connectivity index (χ0v) is 12.1. The van der Waals surface area contributed by atoms with Crippen molar-refractivity contribution >= 4 is 6.09 Å². The van der Waals surface area contributed by atoms with Crippen LogP contribution in [0.15, 0.2) is 18.2 Å². The minimum absolute atomic E-state index is 0.193. The SMILES string of the molecule is CCOC(=O)N1CCC(NCc2cccc(F)c2F)CC1. The van der Waals surface area contributed by atoms with Gasteiger partial charge in [-0.25, -0.2) is 13.6 Å². The third-order valence-electron chi connectivity index (χ3n) is 3.63. The molecule has 1 saturated heterocycles. The van der Waals surface area contributed by atoms with E-state index in [4.69, 9.17) is 4.74 Å². The van der Waals surface area contributed by atoms with Crippen molar-refractivity contribution in [1.82, 2.24) is 10.2 Å². The number of hydrogen-bond donors (Lipinski definition) is 1. The van der Waals surface area contributed by atoms with Gasteiger partial charge in [-0.15, -0.1) is 0 Å². The van der Waals surface area contributed by atoms with Crippen LogP contribution in [0.25, 0.3) is 0 Å². The standard InChI is InChI=1S/C15H20F2N2O2/c1-2-21-15(20)19-8-6-12(7-9-19)18-10-11-4-3-5-13(16)14(11)17/h3-5,12,18H,2,6-10H2,1H3. The van der Waals surface area contributed by atoms with E-state index in [0.29, 0.717) is 25.3 Å². The Balaban J connectivity index is 1.79. The van der Waals surface area contributed by atoms with Gasteiger partial charge in [-0.1, -0.05) is 12.1 Å². The van der Waals surface area contributed by atoms with Gasteiger partial charge in [-0.2, -0.15) is 0 Å². The topological polar surface area (TPSA) is 41.6 Å². The average Bonchev–Trinajstić information content (AvgIpc) is 2.49. The monoisotopic (exact) mass is 298 g/mol. The van der Waals surface area contributed by atoms with E-state index < -0.39 is 11.6 Å². The van der Waals surface area contributed by atoms with Crippen LogP contribution in [0.1, 0.15) is 25.3 Å². The van der Waals surface area contributed by atoms with Crippen LogP contribution in [-0.2, 0) is 11.3 Å². The number of halogens is 2. The summed E-state index contributed by atoms with van der Waals surface area (Å²) in [6.07, 6.45) is 1.26. The highest BCUT2D eigenvalue weighted by Crippen LogP contribution is 2.14. The van der Waals surface area contributed by atoms with Crippen molar-refractivity contribution in [1.29, 1.82) is 0 Å². The Labute approximate surface area is 123 Å². The van der Waals surface area contributed by atoms with Gasteiger partial charge in [0.25, 0.3) is 0 Å². The Bertz CT molecular complexity index is 489. The van der Waals surface area contributed by atoms with Gasteiger partial charge in [0, 0.05) is 31.2 Å². The number of benzene rings is 1. The lowest BCUT2D eigenvalue weighted by atomic mass is 10.0. The molecule has 6 heteroatoms. The fraction of sp³-hybridized carbons (Fsp3) is 0.533. The van der Waals surface area contributed by atoms with Crippen LogP contribution < -0.4 is 5.32 Å². The molecule has 1 heterocycles. The van der Waals surface area contributed by atoms with Gasteiger partial charge >= 0.3 is 6.09 Å². The molecule has 0 radical (unpaired) electrons. The Morgan fingerprint density at radius 3 is 2.76 bits per heavy atom. The van der Waals surface area contributed by atoms with Crippen LogP contribution in [-0.4, -0.2) is 36.7 Å². The number of amides is 1. The number of rotatable bonds is 4. The number of ether oxygens (including phenoxy) is 1. The molecule has 2 rings (SSSR count). The summed E-state index contributed by atoms with van der Waals surface area (Å²) in [7, 11) is 0. The minimum Gasteiger partial charge on any atom is -0.450 e. The summed E-state index contributed by atoms with van der Waals surface area (Å²) in [6.45, 7) is 3.66. The van der Waals surface area contributed by atoms with Gasteiger partial charge in [0.1, 0.15) is 0 Å². The average molecular weight is 298 g/mol. The Morgan fingerprint density at radius 2 is 2.10 bits per heavy atom. The molecule has 1 aromatic carbocycles. The molecule has 0 aliphatic carbocycles. The highest BCUT2D eigenvalue weighted by atomic mass is 19.2. The third-order valence-corrected chi connectivity index (χ3v) is 3.63. The lowest BCUT2D eigenvalue weighted by molar-refractivity contribution is 0.0950. The largest absolute Gasteiger partial charge is 0.450 e. The van der Waals surface area contributed by atoms with Crippen LogP contribution >= 0.6 is 0 Å². The summed E-state index contributed by atoms with van der Waals surface area (Å²) in [5.74, 6) is -1.62. The third kappa shape index (κ3) is 4.14. The Morgan fingerprint density at radius 1 is 1.38 bits per heavy atom. The Kier molecular flexibility index (Phi) is 5.50. The van der Waals surface area contributed by atoms with E-state index in [1.165, 1.54) is 6.07 Å². The molecule has 21 heavy (non-hydrogen) atoms. The molecular formula is C15H20F2N2O2. The highest BCUT2D eigenvalue weighted by Gasteiger charge is 2.23. The molecule has 1 aliphatic heterocycles. The smallest absolute Gasteiger partial charge is 0.409 e. The molecule has 1 amide bonds. The van der Waals surface area contributed by atoms with Crippen molar-refractivity contribution in [2.24, 2.45) is 0 Å². The van der Waals surface area contributed by atoms with E-state index in [-0.39, 0.29) is 18.7 Å². The van der Waals surface area contributed by atoms with Gasteiger partial charge in [-0.05, 0) is 25.8 Å². The molecule has 0 saturated carbocycles. The summed E-state index contributed by atoms with van der Waals surface area (Å²) in [6, 6.07) is 4.37. The maximum Gasteiger partial charge on any atom is 0.409 e. The molecule has 1 aromatic rings. The summed E-state index contributed by atoms with van der Waals surface area (Å²) in [5.41, 5.74) is 0.322. The van der Waals surface area contributed by atoms with Crippen molar-refractivity contribution in [3.05, 3.63) is 35.4 Å². The van der Waals surface area contributed by atoms with Crippen molar-refractivity contribution in [2.45, 2.75) is 32.4 Å². The molecule has 1 N–H and O–H groups in total. The zero-order chi connectivity index (χ0) is 15.2. The van der Waals surface area contributed by atoms with E-state index in [2.05, 4.69) is 5.32 Å². The van der Waals surface area contributed by atoms with Crippen LogP contribution in [0, 0.1) is 11.6 Å². The fourth-order valence-corrected chi connectivity index (χ4v) is 2.42. The number of carbonyl (C=O) groups is 1. The number of carbonyl (C=O) groups excluding carboxylic acids is 1. The minimum atomic E-state index is -0.827. The highest BCUT2D eigenvalue weighted by molar-refractivity contribution is 5.67. The first kappa shape index (κ1) is 15.7. The first-order valence-corrected chi connectivity index (χ1v) is 7.19. The molecule has 1 fully saturated rings. The van der Waals surface area contributed by atoms with Crippen LogP contribution in [0.5, 0.6) is 0 Å². The van der Waals surface area contributed by atoms with Crippen LogP contribution in [0.3, 0.4) is 0 Å². The molecular weight excluding hydrogens is 278 g/mol. The number of piperidine rings is 1. The first-order valence-electron chi connectivity index (χ1n) is 7.19. The molecule has 0 spiro atoms. The normalized spacial score (nSPS) is 16.0. The lowest BCUT2D eigenvalue weighted by Crippen LogP contribution is -2.45. The summed E-state index contributed by atoms with van der Waals surface area (Å²) < 4.78 is 31.6. The van der Waals surface area contributed by atoms with Gasteiger partial charge in [0.2, 0.25) is 0 Å². The van der Waals surface area contributed by atoms with E-state index >= 15 is 0 Å². The van der Waals surface area contributed by atoms with E-state index in [0.717, 1.165) is 18.9 Å². The van der Waals surface area contributed by atoms with Crippen LogP contribution in [0.2, 0.25) is 0 Å². The van der Waals surface area contributed by atoms with Gasteiger partial charge in [0.05, 0.1) is 6.61 Å². The molecule has 0 bridgehead atoms. The number of likely N-dealkylation sites (tertiary alicyclic amines) is 1. The van der Waals surface area contributed by atoms with E-state index in [1.54, 1.807) is 17.9 Å². The first-order chi connectivity index (χ1) is 10.1. The maximum absolute atomic E-state index is 13.5. The van der Waals surface area contributed by atoms with Crippen molar-refractivity contribution in [3.8, 4) is 0 Å². The molecule has 0 atom stereocenters. The summed E-state index contributed by atoms with van der Waals surface area (Å²) >= 11 is 0. The van der Waals surface area contributed by atoms with Gasteiger partial charge in [-0.3, -0.25) is 0 Å². The summed E-state index contributed by atoms with van der Waals surface area (Å²) in [5, 5.41) is 3.21. The predicted molar refractivity (Wildman–Crippen MR) is 74.8 cm³/mol. The van der Waals surface area contributed by atoms with Gasteiger partial charge < -0.3 is 15.0 Å². The molecule has 0 aromatic heterocycles. The molecule has 4 nitrogen and oxygen atoms in total. The second-order valence-corrected chi connectivity index (χ2v) is 5.05. The molecule has 116 valence electrons. The van der Waals surface area contributed by atoms with Crippen LogP contribution in [0.4, 0.5) is 13.6 Å². The van der Waals surface area contributed by atoms with E-state index in [1.807, 2.05) is 0 Å². The number of hydrogen-bond acceptors (Lipinski definition) is 3. The second kappa shape index (κ2) is 7.36. The maximum atomic E-state index is 13.5. The second-order valence-electron chi connectivity index (χ2n) is 5.05. The van der Waals surface area contributed by atoms with Crippen molar-refractivity contribution < 1.29 is 18.3 Å². The fourth-order valence-electron chi connectivity index (χ4n) is 2.42. The quantitative estimate of drug-likeness (QED) is 0.929. The zero-order valence-electron chi connectivity index (χ0n) is 12.1. The van der Waals surface area contributed by atoms with Crippen molar-refractivity contribution in [3.63, 3.8) is 0 Å². The predicted octanol–water partition coefficient (Wildman–Crippen LogP) is 2.68. The molecule has 1 aliphatic rings. The number of nitrogens with one attached hydrogen (secondary N) is 1. The van der Waals surface area contributed by atoms with Gasteiger partial charge in [0.15, 0.2) is 11.6 Å². The van der Waals surface area contributed by atoms with Crippen molar-refractivity contribution in [2.75, 3.05) is 19.7 Å². The van der Waals surface area contributed by atoms with E-state index in [9.17, 15) is 13.6 Å². The lowest BCUT2D eigenvalue weighted by Gasteiger charge is -2.31. The summed E-state index contributed by atoms with van der Waals surface area (Å²) in [4.78, 5) is 13.2.